The van der Waals surface area contributed by atoms with Gasteiger partial charge in [0.05, 0.1) is 11.6 Å². The first-order chi connectivity index (χ1) is 8.72. The molecule has 2 aromatic carbocycles. The minimum absolute atomic E-state index is 0.0747. The van der Waals surface area contributed by atoms with Crippen LogP contribution < -0.4 is 0 Å². The molecule has 0 aliphatic rings. The summed E-state index contributed by atoms with van der Waals surface area (Å²) in [4.78, 5) is 12.3. The molecule has 2 aromatic rings. The number of benzene rings is 2. The van der Waals surface area contributed by atoms with Crippen LogP contribution in [0.1, 0.15) is 34.3 Å². The Morgan fingerprint density at radius 2 is 1.83 bits per heavy atom. The molecular formula is C16H13NO. The maximum Gasteiger partial charge on any atom is 0.170 e. The maximum absolute atomic E-state index is 12.3. The normalized spacial score (nSPS) is 11.6. The van der Waals surface area contributed by atoms with Crippen molar-refractivity contribution < 1.29 is 4.79 Å². The van der Waals surface area contributed by atoms with Crippen LogP contribution in [-0.2, 0) is 0 Å². The molecule has 2 nitrogen and oxygen atoms in total. The summed E-state index contributed by atoms with van der Waals surface area (Å²) in [6.45, 7) is 1.87. The van der Waals surface area contributed by atoms with Gasteiger partial charge in [0, 0.05) is 11.5 Å². The fourth-order valence-electron chi connectivity index (χ4n) is 1.88. The van der Waals surface area contributed by atoms with Crippen molar-refractivity contribution in [3.8, 4) is 6.07 Å². The summed E-state index contributed by atoms with van der Waals surface area (Å²) >= 11 is 0. The molecule has 88 valence electrons. The van der Waals surface area contributed by atoms with E-state index in [-0.39, 0.29) is 11.7 Å². The molecular weight excluding hydrogens is 222 g/mol. The number of Topliss-reactive ketones (excluding diaryl/α,β-unsaturated/α-hetero) is 1. The maximum atomic E-state index is 12.3. The lowest BCUT2D eigenvalue weighted by atomic mass is 9.91. The second-order valence-corrected chi connectivity index (χ2v) is 4.19. The fourth-order valence-corrected chi connectivity index (χ4v) is 1.88. The number of nitriles is 1. The third-order valence-corrected chi connectivity index (χ3v) is 2.97. The van der Waals surface area contributed by atoms with Crippen molar-refractivity contribution in [1.29, 1.82) is 5.26 Å². The first-order valence-electron chi connectivity index (χ1n) is 5.81. The van der Waals surface area contributed by atoms with Crippen molar-refractivity contribution in [2.45, 2.75) is 12.8 Å². The second-order valence-electron chi connectivity index (χ2n) is 4.19. The van der Waals surface area contributed by atoms with Gasteiger partial charge in [-0.15, -0.1) is 0 Å². The van der Waals surface area contributed by atoms with Gasteiger partial charge >= 0.3 is 0 Å². The van der Waals surface area contributed by atoms with E-state index < -0.39 is 0 Å². The van der Waals surface area contributed by atoms with Gasteiger partial charge in [0.1, 0.15) is 0 Å². The Labute approximate surface area is 107 Å². The van der Waals surface area contributed by atoms with Crippen LogP contribution in [-0.4, -0.2) is 5.78 Å². The number of carbonyl (C=O) groups excluding carboxylic acids is 1. The third kappa shape index (κ3) is 2.46. The van der Waals surface area contributed by atoms with E-state index in [4.69, 9.17) is 5.26 Å². The quantitative estimate of drug-likeness (QED) is 0.763. The minimum Gasteiger partial charge on any atom is -0.294 e. The molecule has 0 heterocycles. The van der Waals surface area contributed by atoms with E-state index >= 15 is 0 Å². The Morgan fingerprint density at radius 1 is 1.11 bits per heavy atom. The zero-order valence-electron chi connectivity index (χ0n) is 10.1. The predicted octanol–water partition coefficient (Wildman–Crippen LogP) is 3.54. The summed E-state index contributed by atoms with van der Waals surface area (Å²) in [7, 11) is 0. The summed E-state index contributed by atoms with van der Waals surface area (Å²) in [5.41, 5.74) is 2.16. The van der Waals surface area contributed by atoms with Gasteiger partial charge < -0.3 is 0 Å². The molecule has 0 fully saturated rings. The molecule has 0 aromatic heterocycles. The molecule has 0 spiro atoms. The molecule has 0 radical (unpaired) electrons. The van der Waals surface area contributed by atoms with E-state index in [2.05, 4.69) is 6.07 Å². The van der Waals surface area contributed by atoms with Gasteiger partial charge in [-0.25, -0.2) is 0 Å². The third-order valence-electron chi connectivity index (χ3n) is 2.97. The summed E-state index contributed by atoms with van der Waals surface area (Å²) < 4.78 is 0. The van der Waals surface area contributed by atoms with Gasteiger partial charge in [-0.1, -0.05) is 49.4 Å². The van der Waals surface area contributed by atoms with Crippen LogP contribution in [0.3, 0.4) is 0 Å². The van der Waals surface area contributed by atoms with Crippen molar-refractivity contribution in [3.05, 3.63) is 71.3 Å². The fraction of sp³-hybridized carbons (Fsp3) is 0.125. The predicted molar refractivity (Wildman–Crippen MR) is 70.3 cm³/mol. The zero-order valence-corrected chi connectivity index (χ0v) is 10.1. The minimum atomic E-state index is -0.235. The molecule has 18 heavy (non-hydrogen) atoms. The smallest absolute Gasteiger partial charge is 0.170 e. The highest BCUT2D eigenvalue weighted by molar-refractivity contribution is 6.00. The molecule has 0 amide bonds. The average Bonchev–Trinajstić information content (AvgIpc) is 2.46. The summed E-state index contributed by atoms with van der Waals surface area (Å²) in [5, 5.41) is 8.86. The van der Waals surface area contributed by atoms with E-state index in [1.54, 1.807) is 12.1 Å². The van der Waals surface area contributed by atoms with Gasteiger partial charge in [0.25, 0.3) is 0 Å². The number of hydrogen-bond donors (Lipinski definition) is 0. The van der Waals surface area contributed by atoms with E-state index in [1.165, 1.54) is 0 Å². The molecule has 0 saturated carbocycles. The molecule has 0 unspecified atom stereocenters. The van der Waals surface area contributed by atoms with Gasteiger partial charge in [-0.3, -0.25) is 4.79 Å². The molecule has 0 aliphatic carbocycles. The molecule has 1 atom stereocenters. The number of nitrogens with zero attached hydrogens (tertiary/aromatic N) is 1. The lowest BCUT2D eigenvalue weighted by molar-refractivity contribution is 0.0966. The van der Waals surface area contributed by atoms with Crippen molar-refractivity contribution >= 4 is 5.78 Å². The van der Waals surface area contributed by atoms with Crippen molar-refractivity contribution in [1.82, 2.24) is 0 Å². The van der Waals surface area contributed by atoms with Crippen LogP contribution in [0, 0.1) is 11.3 Å². The Balaban J connectivity index is 2.29. The van der Waals surface area contributed by atoms with Crippen molar-refractivity contribution in [3.63, 3.8) is 0 Å². The Kier molecular flexibility index (Phi) is 3.54. The summed E-state index contributed by atoms with van der Waals surface area (Å²) in [6.07, 6.45) is 0. The van der Waals surface area contributed by atoms with E-state index in [1.807, 2.05) is 49.4 Å². The molecule has 2 rings (SSSR count). The van der Waals surface area contributed by atoms with Gasteiger partial charge in [-0.2, -0.15) is 5.26 Å². The number of ketones is 1. The standard InChI is InChI=1S/C16H13NO/c1-12(15-9-5-6-13(10-15)11-17)16(18)14-7-3-2-4-8-14/h2-10,12H,1H3/t12-/m1/s1. The number of rotatable bonds is 3. The molecule has 2 heteroatoms. The topological polar surface area (TPSA) is 40.9 Å². The van der Waals surface area contributed by atoms with Crippen LogP contribution in [0.15, 0.2) is 54.6 Å². The lowest BCUT2D eigenvalue weighted by Gasteiger charge is -2.11. The highest BCUT2D eigenvalue weighted by atomic mass is 16.1. The lowest BCUT2D eigenvalue weighted by Crippen LogP contribution is -2.09. The molecule has 0 saturated heterocycles. The molecule has 0 N–H and O–H groups in total. The van der Waals surface area contributed by atoms with Crippen molar-refractivity contribution in [2.24, 2.45) is 0 Å². The van der Waals surface area contributed by atoms with Gasteiger partial charge in [0.15, 0.2) is 5.78 Å². The van der Waals surface area contributed by atoms with Crippen LogP contribution in [0.25, 0.3) is 0 Å². The SMILES string of the molecule is C[C@@H](C(=O)c1ccccc1)c1cccc(C#N)c1. The van der Waals surface area contributed by atoms with Crippen molar-refractivity contribution in [2.75, 3.05) is 0 Å². The van der Waals surface area contributed by atoms with Gasteiger partial charge in [0.2, 0.25) is 0 Å². The first kappa shape index (κ1) is 12.1. The number of hydrogen-bond acceptors (Lipinski definition) is 2. The highest BCUT2D eigenvalue weighted by Gasteiger charge is 2.16. The Hall–Kier alpha value is -2.40. The van der Waals surface area contributed by atoms with E-state index in [9.17, 15) is 4.79 Å². The Bertz CT molecular complexity index is 596. The highest BCUT2D eigenvalue weighted by Crippen LogP contribution is 2.21. The second kappa shape index (κ2) is 5.29. The zero-order chi connectivity index (χ0) is 13.0. The van der Waals surface area contributed by atoms with Gasteiger partial charge in [-0.05, 0) is 17.7 Å². The molecule has 0 bridgehead atoms. The van der Waals surface area contributed by atoms with Crippen LogP contribution >= 0.6 is 0 Å². The summed E-state index contributed by atoms with van der Waals surface area (Å²) in [6, 6.07) is 18.5. The Morgan fingerprint density at radius 3 is 2.50 bits per heavy atom. The average molecular weight is 235 g/mol. The van der Waals surface area contributed by atoms with E-state index in [0.717, 1.165) is 5.56 Å². The number of carbonyl (C=O) groups is 1. The van der Waals surface area contributed by atoms with Crippen LogP contribution in [0.2, 0.25) is 0 Å². The summed E-state index contributed by atoms with van der Waals surface area (Å²) in [5.74, 6) is -0.161. The largest absolute Gasteiger partial charge is 0.294 e. The van der Waals surface area contributed by atoms with Crippen LogP contribution in [0.4, 0.5) is 0 Å². The monoisotopic (exact) mass is 235 g/mol. The first-order valence-corrected chi connectivity index (χ1v) is 5.81. The molecule has 0 aliphatic heterocycles. The van der Waals surface area contributed by atoms with E-state index in [0.29, 0.717) is 11.1 Å². The van der Waals surface area contributed by atoms with Crippen LogP contribution in [0.5, 0.6) is 0 Å².